The molecule has 1 aromatic carbocycles. The molecule has 0 aliphatic heterocycles. The standard InChI is InChI=1S/C16H14F3N3O2/c17-16(18,19)24-12-4-1-3-11(9-12)15(5-2-6-15)14(23)22-13-10-20-7-8-21-13/h1,3-4,7-10H,2,5-6H2,(H,21,22,23). The van der Waals surface area contributed by atoms with Gasteiger partial charge in [0.05, 0.1) is 11.6 Å². The zero-order valence-electron chi connectivity index (χ0n) is 12.5. The van der Waals surface area contributed by atoms with E-state index in [9.17, 15) is 18.0 Å². The molecule has 1 amide bonds. The molecule has 0 spiro atoms. The Balaban J connectivity index is 1.85. The minimum Gasteiger partial charge on any atom is -0.406 e. The third kappa shape index (κ3) is 3.32. The summed E-state index contributed by atoms with van der Waals surface area (Å²) < 4.78 is 41.1. The topological polar surface area (TPSA) is 64.1 Å². The van der Waals surface area contributed by atoms with Crippen LogP contribution in [0.15, 0.2) is 42.9 Å². The normalized spacial score (nSPS) is 16.1. The minimum atomic E-state index is -4.77. The highest BCUT2D eigenvalue weighted by molar-refractivity contribution is 5.99. The van der Waals surface area contributed by atoms with E-state index in [1.54, 1.807) is 6.07 Å². The van der Waals surface area contributed by atoms with E-state index in [-0.39, 0.29) is 11.7 Å². The fourth-order valence-corrected chi connectivity index (χ4v) is 2.77. The number of benzene rings is 1. The molecule has 1 heterocycles. The molecule has 1 aromatic heterocycles. The van der Waals surface area contributed by atoms with E-state index in [2.05, 4.69) is 20.0 Å². The van der Waals surface area contributed by atoms with Crippen molar-refractivity contribution in [2.45, 2.75) is 31.0 Å². The lowest BCUT2D eigenvalue weighted by Crippen LogP contribution is -2.46. The van der Waals surface area contributed by atoms with Gasteiger partial charge in [0.1, 0.15) is 5.75 Å². The van der Waals surface area contributed by atoms with Gasteiger partial charge < -0.3 is 10.1 Å². The van der Waals surface area contributed by atoms with Crippen molar-refractivity contribution in [3.8, 4) is 5.75 Å². The molecule has 2 aromatic rings. The number of nitrogens with zero attached hydrogens (tertiary/aromatic N) is 2. The van der Waals surface area contributed by atoms with Gasteiger partial charge >= 0.3 is 6.36 Å². The third-order valence-electron chi connectivity index (χ3n) is 4.07. The van der Waals surface area contributed by atoms with Gasteiger partial charge in [-0.15, -0.1) is 13.2 Å². The Bertz CT molecular complexity index is 731. The van der Waals surface area contributed by atoms with Crippen LogP contribution < -0.4 is 10.1 Å². The number of carbonyl (C=O) groups excluding carboxylic acids is 1. The molecule has 0 unspecified atom stereocenters. The summed E-state index contributed by atoms with van der Waals surface area (Å²) in [5, 5.41) is 2.68. The second-order valence-corrected chi connectivity index (χ2v) is 5.56. The molecule has 0 atom stereocenters. The van der Waals surface area contributed by atoms with Crippen LogP contribution in [0, 0.1) is 0 Å². The molecule has 1 N–H and O–H groups in total. The maximum Gasteiger partial charge on any atom is 0.573 e. The lowest BCUT2D eigenvalue weighted by Gasteiger charge is -2.40. The lowest BCUT2D eigenvalue weighted by molar-refractivity contribution is -0.274. The molecule has 0 bridgehead atoms. The van der Waals surface area contributed by atoms with Gasteiger partial charge in [0, 0.05) is 12.4 Å². The summed E-state index contributed by atoms with van der Waals surface area (Å²) in [6.07, 6.45) is 1.48. The largest absolute Gasteiger partial charge is 0.573 e. The highest BCUT2D eigenvalue weighted by Crippen LogP contribution is 2.45. The summed E-state index contributed by atoms with van der Waals surface area (Å²) in [7, 11) is 0. The fourth-order valence-electron chi connectivity index (χ4n) is 2.77. The summed E-state index contributed by atoms with van der Waals surface area (Å²) in [6.45, 7) is 0. The summed E-state index contributed by atoms with van der Waals surface area (Å²) in [6, 6.07) is 5.57. The first-order valence-electron chi connectivity index (χ1n) is 7.33. The number of hydrogen-bond acceptors (Lipinski definition) is 4. The van der Waals surface area contributed by atoms with E-state index < -0.39 is 11.8 Å². The van der Waals surface area contributed by atoms with Crippen LogP contribution in [0.3, 0.4) is 0 Å². The van der Waals surface area contributed by atoms with Crippen molar-refractivity contribution in [3.63, 3.8) is 0 Å². The first kappa shape index (κ1) is 16.2. The molecule has 0 saturated heterocycles. The van der Waals surface area contributed by atoms with Crippen LogP contribution in [0.25, 0.3) is 0 Å². The monoisotopic (exact) mass is 337 g/mol. The Labute approximate surface area is 135 Å². The van der Waals surface area contributed by atoms with Crippen LogP contribution in [0.2, 0.25) is 0 Å². The number of aromatic nitrogens is 2. The van der Waals surface area contributed by atoms with Crippen LogP contribution in [0.4, 0.5) is 19.0 Å². The van der Waals surface area contributed by atoms with Gasteiger partial charge in [0.15, 0.2) is 5.82 Å². The van der Waals surface area contributed by atoms with Gasteiger partial charge in [0.25, 0.3) is 0 Å². The Morgan fingerprint density at radius 2 is 2.04 bits per heavy atom. The number of hydrogen-bond donors (Lipinski definition) is 1. The number of nitrogens with one attached hydrogen (secondary N) is 1. The number of carbonyl (C=O) groups is 1. The molecule has 1 saturated carbocycles. The van der Waals surface area contributed by atoms with Gasteiger partial charge in [-0.05, 0) is 30.5 Å². The van der Waals surface area contributed by atoms with Crippen LogP contribution >= 0.6 is 0 Å². The SMILES string of the molecule is O=C(Nc1cnccn1)C1(c2cccc(OC(F)(F)F)c2)CCC1. The van der Waals surface area contributed by atoms with Gasteiger partial charge in [-0.3, -0.25) is 9.78 Å². The quantitative estimate of drug-likeness (QED) is 0.928. The molecule has 126 valence electrons. The Morgan fingerprint density at radius 3 is 2.62 bits per heavy atom. The van der Waals surface area contributed by atoms with Gasteiger partial charge in [-0.2, -0.15) is 0 Å². The van der Waals surface area contributed by atoms with Crippen molar-refractivity contribution >= 4 is 11.7 Å². The average Bonchev–Trinajstić information content (AvgIpc) is 2.45. The molecule has 24 heavy (non-hydrogen) atoms. The highest BCUT2D eigenvalue weighted by Gasteiger charge is 2.46. The Morgan fingerprint density at radius 1 is 1.25 bits per heavy atom. The fraction of sp³-hybridized carbons (Fsp3) is 0.312. The zero-order valence-corrected chi connectivity index (χ0v) is 12.5. The van der Waals surface area contributed by atoms with Crippen molar-refractivity contribution in [2.24, 2.45) is 0 Å². The van der Waals surface area contributed by atoms with Crippen LogP contribution in [-0.4, -0.2) is 22.2 Å². The van der Waals surface area contributed by atoms with Crippen LogP contribution in [0.5, 0.6) is 5.75 Å². The van der Waals surface area contributed by atoms with Crippen LogP contribution in [0.1, 0.15) is 24.8 Å². The molecule has 5 nitrogen and oxygen atoms in total. The van der Waals surface area contributed by atoms with E-state index in [1.165, 1.54) is 36.8 Å². The minimum absolute atomic E-state index is 0.302. The van der Waals surface area contributed by atoms with Crippen molar-refractivity contribution in [2.75, 3.05) is 5.32 Å². The van der Waals surface area contributed by atoms with Gasteiger partial charge in [-0.1, -0.05) is 18.6 Å². The Hall–Kier alpha value is -2.64. The molecule has 3 rings (SSSR count). The predicted octanol–water partition coefficient (Wildman–Crippen LogP) is 3.44. The Kier molecular flexibility index (Phi) is 4.13. The van der Waals surface area contributed by atoms with E-state index in [0.29, 0.717) is 24.2 Å². The molecule has 1 aliphatic rings. The third-order valence-corrected chi connectivity index (χ3v) is 4.07. The summed E-state index contributed by atoms with van der Waals surface area (Å²) in [4.78, 5) is 20.5. The zero-order chi connectivity index (χ0) is 17.2. The number of alkyl halides is 3. The summed E-state index contributed by atoms with van der Waals surface area (Å²) in [5.74, 6) is -0.339. The molecule has 0 radical (unpaired) electrons. The van der Waals surface area contributed by atoms with Crippen molar-refractivity contribution in [1.82, 2.24) is 9.97 Å². The van der Waals surface area contributed by atoms with Crippen molar-refractivity contribution in [1.29, 1.82) is 0 Å². The molecular formula is C16H14F3N3O2. The number of anilines is 1. The van der Waals surface area contributed by atoms with Gasteiger partial charge in [-0.25, -0.2) is 4.98 Å². The number of halogens is 3. The second kappa shape index (κ2) is 6.10. The summed E-state index contributed by atoms with van der Waals surface area (Å²) >= 11 is 0. The number of amides is 1. The van der Waals surface area contributed by atoms with Crippen LogP contribution in [-0.2, 0) is 10.2 Å². The second-order valence-electron chi connectivity index (χ2n) is 5.56. The molecule has 8 heteroatoms. The first-order valence-corrected chi connectivity index (χ1v) is 7.33. The van der Waals surface area contributed by atoms with E-state index in [1.807, 2.05) is 0 Å². The maximum absolute atomic E-state index is 12.7. The predicted molar refractivity (Wildman–Crippen MR) is 79.3 cm³/mol. The number of ether oxygens (including phenoxy) is 1. The average molecular weight is 337 g/mol. The molecule has 1 aliphatic carbocycles. The molecule has 1 fully saturated rings. The van der Waals surface area contributed by atoms with Gasteiger partial charge in [0.2, 0.25) is 5.91 Å². The maximum atomic E-state index is 12.7. The first-order chi connectivity index (χ1) is 11.4. The van der Waals surface area contributed by atoms with E-state index in [4.69, 9.17) is 0 Å². The van der Waals surface area contributed by atoms with E-state index >= 15 is 0 Å². The smallest absolute Gasteiger partial charge is 0.406 e. The van der Waals surface area contributed by atoms with E-state index in [0.717, 1.165) is 6.42 Å². The lowest BCUT2D eigenvalue weighted by atomic mass is 9.63. The summed E-state index contributed by atoms with van der Waals surface area (Å²) in [5.41, 5.74) is -0.375. The van der Waals surface area contributed by atoms with Crippen molar-refractivity contribution in [3.05, 3.63) is 48.4 Å². The highest BCUT2D eigenvalue weighted by atomic mass is 19.4. The molecular weight excluding hydrogens is 323 g/mol. The van der Waals surface area contributed by atoms with Crippen molar-refractivity contribution < 1.29 is 22.7 Å². The number of rotatable bonds is 4.